The van der Waals surface area contributed by atoms with Gasteiger partial charge in [-0.2, -0.15) is 0 Å². The normalized spacial score (nSPS) is 10.4. The first kappa shape index (κ1) is 15.9. The predicted molar refractivity (Wildman–Crippen MR) is 84.1 cm³/mol. The van der Waals surface area contributed by atoms with E-state index >= 15 is 0 Å². The summed E-state index contributed by atoms with van der Waals surface area (Å²) in [6.07, 6.45) is 0. The van der Waals surface area contributed by atoms with Crippen LogP contribution in [0.4, 0.5) is 0 Å². The van der Waals surface area contributed by atoms with Crippen LogP contribution in [0.15, 0.2) is 18.2 Å². The van der Waals surface area contributed by atoms with Crippen LogP contribution in [-0.2, 0) is 4.79 Å². The number of nitrogens with one attached hydrogen (secondary N) is 2. The summed E-state index contributed by atoms with van der Waals surface area (Å²) in [5.41, 5.74) is 1.66. The van der Waals surface area contributed by atoms with Gasteiger partial charge in [0, 0.05) is 10.1 Å². The topological polar surface area (TPSA) is 58.2 Å². The fourth-order valence-electron chi connectivity index (χ4n) is 1.46. The summed E-state index contributed by atoms with van der Waals surface area (Å²) >= 11 is 2.14. The van der Waals surface area contributed by atoms with E-state index in [2.05, 4.69) is 33.2 Å². The number of rotatable bonds is 5. The van der Waals surface area contributed by atoms with E-state index in [-0.39, 0.29) is 18.4 Å². The minimum Gasteiger partial charge on any atom is -0.354 e. The molecule has 0 fully saturated rings. The Hall–Kier alpha value is -1.11. The number of hydrogen-bond acceptors (Lipinski definition) is 2. The van der Waals surface area contributed by atoms with Crippen molar-refractivity contribution in [1.29, 1.82) is 0 Å². The molecule has 0 radical (unpaired) electrons. The maximum Gasteiger partial charge on any atom is 0.252 e. The number of carbonyl (C=O) groups excluding carboxylic acids is 2. The van der Waals surface area contributed by atoms with Crippen LogP contribution in [0.2, 0.25) is 0 Å². The lowest BCUT2D eigenvalue weighted by Crippen LogP contribution is -2.38. The highest BCUT2D eigenvalue weighted by atomic mass is 127. The maximum atomic E-state index is 12.0. The molecule has 0 atom stereocenters. The van der Waals surface area contributed by atoms with Crippen LogP contribution in [0.1, 0.15) is 29.8 Å². The van der Waals surface area contributed by atoms with Gasteiger partial charge in [0.25, 0.3) is 5.91 Å². The van der Waals surface area contributed by atoms with Crippen LogP contribution in [-0.4, -0.2) is 24.9 Å². The monoisotopic (exact) mass is 374 g/mol. The fourth-order valence-corrected chi connectivity index (χ4v) is 2.06. The zero-order chi connectivity index (χ0) is 14.4. The highest BCUT2D eigenvalue weighted by Crippen LogP contribution is 2.16. The lowest BCUT2D eigenvalue weighted by Gasteiger charge is -2.10. The summed E-state index contributed by atoms with van der Waals surface area (Å²) in [5.74, 6) is 0.0230. The zero-order valence-electron chi connectivity index (χ0n) is 11.4. The average Bonchev–Trinajstić information content (AvgIpc) is 2.36. The highest BCUT2D eigenvalue weighted by Gasteiger charge is 2.12. The Balaban J connectivity index is 2.52. The summed E-state index contributed by atoms with van der Waals surface area (Å²) in [6.45, 7) is 6.63. The largest absolute Gasteiger partial charge is 0.354 e. The van der Waals surface area contributed by atoms with Gasteiger partial charge in [-0.15, -0.1) is 0 Å². The van der Waals surface area contributed by atoms with Crippen LogP contribution >= 0.6 is 22.6 Å². The maximum absolute atomic E-state index is 12.0. The third kappa shape index (κ3) is 5.18. The lowest BCUT2D eigenvalue weighted by atomic mass is 10.1. The average molecular weight is 374 g/mol. The molecule has 1 rings (SSSR count). The van der Waals surface area contributed by atoms with Crippen molar-refractivity contribution in [3.63, 3.8) is 0 Å². The molecular formula is C14H19IN2O2. The van der Waals surface area contributed by atoms with Crippen molar-refractivity contribution in [3.05, 3.63) is 32.9 Å². The first-order valence-electron chi connectivity index (χ1n) is 6.21. The summed E-state index contributed by atoms with van der Waals surface area (Å²) in [5, 5.41) is 5.39. The molecule has 1 aromatic rings. The molecule has 0 aliphatic rings. The molecule has 0 aliphatic heterocycles. The van der Waals surface area contributed by atoms with Gasteiger partial charge in [0.1, 0.15) is 0 Å². The van der Waals surface area contributed by atoms with E-state index in [9.17, 15) is 9.59 Å². The van der Waals surface area contributed by atoms with Gasteiger partial charge in [0.15, 0.2) is 0 Å². The molecule has 104 valence electrons. The van der Waals surface area contributed by atoms with Crippen LogP contribution in [0, 0.1) is 16.4 Å². The van der Waals surface area contributed by atoms with Crippen LogP contribution in [0.3, 0.4) is 0 Å². The van der Waals surface area contributed by atoms with Gasteiger partial charge in [-0.25, -0.2) is 0 Å². The number of carbonyl (C=O) groups is 2. The second-order valence-electron chi connectivity index (χ2n) is 4.82. The quantitative estimate of drug-likeness (QED) is 0.776. The van der Waals surface area contributed by atoms with E-state index in [0.717, 1.165) is 9.13 Å². The van der Waals surface area contributed by atoms with E-state index in [1.54, 1.807) is 6.07 Å². The number of halogens is 1. The van der Waals surface area contributed by atoms with Gasteiger partial charge < -0.3 is 10.6 Å². The smallest absolute Gasteiger partial charge is 0.252 e. The molecule has 0 aliphatic carbocycles. The Labute approximate surface area is 127 Å². The molecule has 19 heavy (non-hydrogen) atoms. The number of amides is 2. The zero-order valence-corrected chi connectivity index (χ0v) is 13.6. The molecule has 0 aromatic heterocycles. The molecule has 0 bridgehead atoms. The molecular weight excluding hydrogens is 355 g/mol. The van der Waals surface area contributed by atoms with Crippen molar-refractivity contribution >= 4 is 34.4 Å². The van der Waals surface area contributed by atoms with Crippen molar-refractivity contribution in [2.75, 3.05) is 13.1 Å². The highest BCUT2D eigenvalue weighted by molar-refractivity contribution is 14.1. The van der Waals surface area contributed by atoms with Crippen molar-refractivity contribution < 1.29 is 9.59 Å². The molecule has 0 heterocycles. The SMILES string of the molecule is Cc1cccc(C(=O)NCC(=O)NCC(C)C)c1I. The first-order valence-corrected chi connectivity index (χ1v) is 7.29. The van der Waals surface area contributed by atoms with Crippen molar-refractivity contribution in [1.82, 2.24) is 10.6 Å². The molecule has 2 N–H and O–H groups in total. The standard InChI is InChI=1S/C14H19IN2O2/c1-9(2)7-16-12(18)8-17-14(19)11-6-4-5-10(3)13(11)15/h4-6,9H,7-8H2,1-3H3,(H,16,18)(H,17,19). The van der Waals surface area contributed by atoms with Crippen LogP contribution in [0.25, 0.3) is 0 Å². The number of aryl methyl sites for hydroxylation is 1. The van der Waals surface area contributed by atoms with Gasteiger partial charge in [-0.3, -0.25) is 9.59 Å². The Bertz CT molecular complexity index is 473. The molecule has 1 aromatic carbocycles. The molecule has 4 nitrogen and oxygen atoms in total. The van der Waals surface area contributed by atoms with E-state index in [1.165, 1.54) is 0 Å². The second-order valence-corrected chi connectivity index (χ2v) is 5.90. The Morgan fingerprint density at radius 1 is 1.26 bits per heavy atom. The Morgan fingerprint density at radius 3 is 2.58 bits per heavy atom. The van der Waals surface area contributed by atoms with Crippen molar-refractivity contribution in [2.24, 2.45) is 5.92 Å². The third-order valence-corrected chi connectivity index (χ3v) is 3.99. The minimum absolute atomic E-state index is 0.00950. The molecule has 0 saturated heterocycles. The van der Waals surface area contributed by atoms with E-state index in [4.69, 9.17) is 0 Å². The van der Waals surface area contributed by atoms with Gasteiger partial charge in [0.05, 0.1) is 12.1 Å². The summed E-state index contributed by atoms with van der Waals surface area (Å²) < 4.78 is 0.917. The summed E-state index contributed by atoms with van der Waals surface area (Å²) in [4.78, 5) is 23.5. The Morgan fingerprint density at radius 2 is 1.95 bits per heavy atom. The van der Waals surface area contributed by atoms with Crippen molar-refractivity contribution in [2.45, 2.75) is 20.8 Å². The van der Waals surface area contributed by atoms with E-state index in [1.807, 2.05) is 32.9 Å². The lowest BCUT2D eigenvalue weighted by molar-refractivity contribution is -0.120. The molecule has 0 saturated carbocycles. The third-order valence-electron chi connectivity index (χ3n) is 2.55. The Kier molecular flexibility index (Phi) is 6.27. The number of benzene rings is 1. The van der Waals surface area contributed by atoms with Gasteiger partial charge >= 0.3 is 0 Å². The summed E-state index contributed by atoms with van der Waals surface area (Å²) in [7, 11) is 0. The number of hydrogen-bond donors (Lipinski definition) is 2. The summed E-state index contributed by atoms with van der Waals surface area (Å²) in [6, 6.07) is 5.55. The first-order chi connectivity index (χ1) is 8.91. The molecule has 0 spiro atoms. The second kappa shape index (κ2) is 7.47. The minimum atomic E-state index is -0.215. The van der Waals surface area contributed by atoms with Gasteiger partial charge in [-0.05, 0) is 47.1 Å². The van der Waals surface area contributed by atoms with Gasteiger partial charge in [-0.1, -0.05) is 26.0 Å². The van der Waals surface area contributed by atoms with Crippen LogP contribution < -0.4 is 10.6 Å². The van der Waals surface area contributed by atoms with Gasteiger partial charge in [0.2, 0.25) is 5.91 Å². The van der Waals surface area contributed by atoms with E-state index in [0.29, 0.717) is 18.0 Å². The molecule has 5 heteroatoms. The molecule has 0 unspecified atom stereocenters. The van der Waals surface area contributed by atoms with Crippen LogP contribution in [0.5, 0.6) is 0 Å². The fraction of sp³-hybridized carbons (Fsp3) is 0.429. The molecule has 2 amide bonds. The van der Waals surface area contributed by atoms with Crippen molar-refractivity contribution in [3.8, 4) is 0 Å². The predicted octanol–water partition coefficient (Wildman–Crippen LogP) is 2.10. The van der Waals surface area contributed by atoms with E-state index < -0.39 is 0 Å².